The molecule has 0 amide bonds. The second-order valence-corrected chi connectivity index (χ2v) is 4.35. The van der Waals surface area contributed by atoms with Crippen LogP contribution in [0.3, 0.4) is 0 Å². The molecule has 3 rings (SSSR count). The molecule has 0 saturated carbocycles. The maximum absolute atomic E-state index is 12.2. The fourth-order valence-corrected chi connectivity index (χ4v) is 1.93. The summed E-state index contributed by atoms with van der Waals surface area (Å²) in [6.45, 7) is -0.0671. The fraction of sp³-hybridized carbons (Fsp3) is 0.154. The maximum Gasteiger partial charge on any atom is 0.283 e. The van der Waals surface area contributed by atoms with Gasteiger partial charge in [-0.05, 0) is 0 Å². The zero-order chi connectivity index (χ0) is 14.1. The van der Waals surface area contributed by atoms with Gasteiger partial charge >= 0.3 is 0 Å². The van der Waals surface area contributed by atoms with Gasteiger partial charge in [0, 0.05) is 12.6 Å². The number of hydrogen-bond donors (Lipinski definition) is 0. The number of Topliss-reactive ketones (excluding diaryl/α,β-unsaturated/α-hetero) is 1. The molecule has 0 bridgehead atoms. The molecular formula is C13H11N5O2. The molecule has 100 valence electrons. The van der Waals surface area contributed by atoms with Crippen LogP contribution < -0.4 is 5.56 Å². The zero-order valence-corrected chi connectivity index (χ0v) is 10.7. The largest absolute Gasteiger partial charge is 0.292 e. The highest BCUT2D eigenvalue weighted by atomic mass is 16.1. The first kappa shape index (κ1) is 12.2. The van der Waals surface area contributed by atoms with Gasteiger partial charge in [0.2, 0.25) is 0 Å². The van der Waals surface area contributed by atoms with Gasteiger partial charge in [-0.1, -0.05) is 35.5 Å². The summed E-state index contributed by atoms with van der Waals surface area (Å²) < 4.78 is 2.66. The lowest BCUT2D eigenvalue weighted by Gasteiger charge is -2.04. The molecule has 7 nitrogen and oxygen atoms in total. The summed E-state index contributed by atoms with van der Waals surface area (Å²) in [4.78, 5) is 28.3. The van der Waals surface area contributed by atoms with Crippen LogP contribution in [-0.2, 0) is 13.6 Å². The lowest BCUT2D eigenvalue weighted by atomic mass is 10.1. The number of fused-ring (bicyclic) bond motifs is 1. The molecule has 1 aromatic carbocycles. The third-order valence-electron chi connectivity index (χ3n) is 2.99. The first-order valence-corrected chi connectivity index (χ1v) is 6.00. The Morgan fingerprint density at radius 3 is 2.75 bits per heavy atom. The van der Waals surface area contributed by atoms with Crippen LogP contribution >= 0.6 is 0 Å². The van der Waals surface area contributed by atoms with Gasteiger partial charge in [0.1, 0.15) is 6.33 Å². The normalized spacial score (nSPS) is 10.8. The molecule has 0 aliphatic heterocycles. The fourth-order valence-electron chi connectivity index (χ4n) is 1.93. The van der Waals surface area contributed by atoms with E-state index in [9.17, 15) is 9.59 Å². The predicted molar refractivity (Wildman–Crippen MR) is 71.3 cm³/mol. The zero-order valence-electron chi connectivity index (χ0n) is 10.7. The highest BCUT2D eigenvalue weighted by molar-refractivity contribution is 5.95. The average molecular weight is 269 g/mol. The molecule has 20 heavy (non-hydrogen) atoms. The minimum absolute atomic E-state index is 0.0671. The minimum Gasteiger partial charge on any atom is -0.292 e. The van der Waals surface area contributed by atoms with E-state index in [1.807, 2.05) is 6.07 Å². The maximum atomic E-state index is 12.2. The van der Waals surface area contributed by atoms with Crippen LogP contribution in [0, 0.1) is 0 Å². The molecule has 0 unspecified atom stereocenters. The smallest absolute Gasteiger partial charge is 0.283 e. The van der Waals surface area contributed by atoms with Crippen molar-refractivity contribution in [1.82, 2.24) is 24.5 Å². The Morgan fingerprint density at radius 2 is 2.00 bits per heavy atom. The molecular weight excluding hydrogens is 258 g/mol. The molecule has 3 aromatic rings. The van der Waals surface area contributed by atoms with Crippen LogP contribution in [-0.4, -0.2) is 30.3 Å². The van der Waals surface area contributed by atoms with Crippen molar-refractivity contribution in [3.05, 3.63) is 52.6 Å². The van der Waals surface area contributed by atoms with Gasteiger partial charge in [-0.3, -0.25) is 14.2 Å². The van der Waals surface area contributed by atoms with Crippen molar-refractivity contribution in [1.29, 1.82) is 0 Å². The Hall–Kier alpha value is -2.83. The number of ketones is 1. The van der Waals surface area contributed by atoms with E-state index in [1.54, 1.807) is 31.3 Å². The van der Waals surface area contributed by atoms with Gasteiger partial charge in [-0.2, -0.15) is 0 Å². The Labute approximate surface area is 113 Å². The van der Waals surface area contributed by atoms with Crippen molar-refractivity contribution in [2.45, 2.75) is 6.54 Å². The topological polar surface area (TPSA) is 82.7 Å². The second-order valence-electron chi connectivity index (χ2n) is 4.35. The Kier molecular flexibility index (Phi) is 2.86. The third kappa shape index (κ3) is 1.99. The number of nitrogens with zero attached hydrogens (tertiary/aromatic N) is 5. The van der Waals surface area contributed by atoms with Gasteiger partial charge in [0.05, 0.1) is 6.54 Å². The van der Waals surface area contributed by atoms with Crippen molar-refractivity contribution in [3.8, 4) is 0 Å². The van der Waals surface area contributed by atoms with E-state index in [0.29, 0.717) is 11.2 Å². The number of aryl methyl sites for hydroxylation is 1. The monoisotopic (exact) mass is 269 g/mol. The van der Waals surface area contributed by atoms with E-state index in [1.165, 1.54) is 15.6 Å². The summed E-state index contributed by atoms with van der Waals surface area (Å²) in [5.41, 5.74) is 0.750. The van der Waals surface area contributed by atoms with Gasteiger partial charge in [-0.15, -0.1) is 5.10 Å². The summed E-state index contributed by atoms with van der Waals surface area (Å²) >= 11 is 0. The summed E-state index contributed by atoms with van der Waals surface area (Å²) in [5, 5.41) is 7.51. The van der Waals surface area contributed by atoms with E-state index in [0.717, 1.165) is 0 Å². The van der Waals surface area contributed by atoms with E-state index in [4.69, 9.17) is 0 Å². The molecule has 0 atom stereocenters. The van der Waals surface area contributed by atoms with Crippen LogP contribution in [0.1, 0.15) is 10.4 Å². The van der Waals surface area contributed by atoms with Gasteiger partial charge < -0.3 is 0 Å². The van der Waals surface area contributed by atoms with Gasteiger partial charge in [0.25, 0.3) is 5.56 Å². The highest BCUT2D eigenvalue weighted by Gasteiger charge is 2.12. The van der Waals surface area contributed by atoms with Crippen LogP contribution in [0.4, 0.5) is 0 Å². The molecule has 0 spiro atoms. The molecule has 0 fully saturated rings. The number of aromatic nitrogens is 5. The number of carbonyl (C=O) groups excluding carboxylic acids is 1. The van der Waals surface area contributed by atoms with Crippen LogP contribution in [0.2, 0.25) is 0 Å². The molecule has 0 radical (unpaired) electrons. The number of benzene rings is 1. The lowest BCUT2D eigenvalue weighted by Crippen LogP contribution is -2.25. The third-order valence-corrected chi connectivity index (χ3v) is 2.99. The molecule has 2 heterocycles. The van der Waals surface area contributed by atoms with Gasteiger partial charge in [-0.25, -0.2) is 9.67 Å². The summed E-state index contributed by atoms with van der Waals surface area (Å²) in [5.74, 6) is -0.155. The van der Waals surface area contributed by atoms with Crippen molar-refractivity contribution in [2.24, 2.45) is 7.05 Å². The van der Waals surface area contributed by atoms with Crippen LogP contribution in [0.5, 0.6) is 0 Å². The highest BCUT2D eigenvalue weighted by Crippen LogP contribution is 2.03. The standard InChI is InChI=1S/C13H11N5O2/c1-17-12-11(15-16-17)13(20)18(8-14-12)7-10(19)9-5-3-2-4-6-9/h2-6,8H,7H2,1H3. The number of carbonyl (C=O) groups is 1. The first-order valence-electron chi connectivity index (χ1n) is 6.00. The van der Waals surface area contributed by atoms with Gasteiger partial charge in [0.15, 0.2) is 16.9 Å². The quantitative estimate of drug-likeness (QED) is 0.643. The second kappa shape index (κ2) is 4.69. The summed E-state index contributed by atoms with van der Waals surface area (Å²) in [6, 6.07) is 8.81. The van der Waals surface area contributed by atoms with E-state index in [2.05, 4.69) is 15.3 Å². The minimum atomic E-state index is -0.368. The molecule has 0 aliphatic rings. The lowest BCUT2D eigenvalue weighted by molar-refractivity contribution is 0.0970. The summed E-state index contributed by atoms with van der Waals surface area (Å²) in [7, 11) is 1.65. The van der Waals surface area contributed by atoms with Crippen LogP contribution in [0.15, 0.2) is 41.5 Å². The molecule has 0 N–H and O–H groups in total. The van der Waals surface area contributed by atoms with Crippen molar-refractivity contribution in [2.75, 3.05) is 0 Å². The number of hydrogen-bond acceptors (Lipinski definition) is 5. The average Bonchev–Trinajstić information content (AvgIpc) is 2.85. The molecule has 7 heteroatoms. The van der Waals surface area contributed by atoms with E-state index in [-0.39, 0.29) is 23.4 Å². The van der Waals surface area contributed by atoms with Crippen molar-refractivity contribution in [3.63, 3.8) is 0 Å². The number of rotatable bonds is 3. The molecule has 0 saturated heterocycles. The van der Waals surface area contributed by atoms with Crippen LogP contribution in [0.25, 0.3) is 11.2 Å². The SMILES string of the molecule is Cn1nnc2c(=O)n(CC(=O)c3ccccc3)cnc21. The summed E-state index contributed by atoms with van der Waals surface area (Å²) in [6.07, 6.45) is 1.34. The van der Waals surface area contributed by atoms with Crippen molar-refractivity contribution < 1.29 is 4.79 Å². The predicted octanol–water partition coefficient (Wildman–Crippen LogP) is 0.408. The first-order chi connectivity index (χ1) is 9.66. The van der Waals surface area contributed by atoms with E-state index < -0.39 is 0 Å². The molecule has 2 aromatic heterocycles. The Bertz CT molecular complexity index is 835. The van der Waals surface area contributed by atoms with E-state index >= 15 is 0 Å². The Balaban J connectivity index is 1.98. The Morgan fingerprint density at radius 1 is 1.25 bits per heavy atom. The van der Waals surface area contributed by atoms with Crippen molar-refractivity contribution >= 4 is 16.9 Å². The molecule has 0 aliphatic carbocycles.